The Hall–Kier alpha value is -2.25. The van der Waals surface area contributed by atoms with Crippen molar-refractivity contribution in [3.63, 3.8) is 0 Å². The molecule has 0 aromatic heterocycles. The molecule has 2 heterocycles. The zero-order valence-corrected chi connectivity index (χ0v) is 12.3. The Kier molecular flexibility index (Phi) is 4.89. The molecular formula is C15H16O7. The van der Waals surface area contributed by atoms with Gasteiger partial charge in [0.15, 0.2) is 5.78 Å². The molecule has 0 saturated carbocycles. The molecule has 2 aliphatic rings. The summed E-state index contributed by atoms with van der Waals surface area (Å²) in [5.41, 5.74) is 0.711. The molecule has 0 radical (unpaired) electrons. The van der Waals surface area contributed by atoms with E-state index in [1.165, 1.54) is 25.2 Å². The summed E-state index contributed by atoms with van der Waals surface area (Å²) in [4.78, 5) is 33.4. The van der Waals surface area contributed by atoms with Gasteiger partial charge in [0.05, 0.1) is 6.61 Å². The quantitative estimate of drug-likeness (QED) is 0.548. The zero-order valence-electron chi connectivity index (χ0n) is 12.3. The van der Waals surface area contributed by atoms with Crippen LogP contribution in [0.4, 0.5) is 0 Å². The molecule has 118 valence electrons. The number of rotatable bonds is 5. The van der Waals surface area contributed by atoms with Gasteiger partial charge >= 0.3 is 11.9 Å². The molecule has 7 nitrogen and oxygen atoms in total. The van der Waals surface area contributed by atoms with Crippen LogP contribution in [0.1, 0.15) is 13.8 Å². The van der Waals surface area contributed by atoms with Crippen LogP contribution in [0, 0.1) is 0 Å². The molecule has 0 N–H and O–H groups in total. The molecule has 1 unspecified atom stereocenters. The predicted octanol–water partition coefficient (Wildman–Crippen LogP) is 0.805. The first-order valence-electron chi connectivity index (χ1n) is 6.64. The van der Waals surface area contributed by atoms with Gasteiger partial charge in [0, 0.05) is 13.0 Å². The van der Waals surface area contributed by atoms with Gasteiger partial charge in [-0.05, 0) is 30.7 Å². The van der Waals surface area contributed by atoms with Crippen LogP contribution in [-0.4, -0.2) is 43.3 Å². The Morgan fingerprint density at radius 2 is 2.23 bits per heavy atom. The highest BCUT2D eigenvalue weighted by molar-refractivity contribution is 5.91. The van der Waals surface area contributed by atoms with Gasteiger partial charge in [0.2, 0.25) is 0 Å². The van der Waals surface area contributed by atoms with Crippen molar-refractivity contribution in [1.29, 1.82) is 0 Å². The first-order chi connectivity index (χ1) is 10.4. The zero-order chi connectivity index (χ0) is 16.2. The fraction of sp³-hybridized carbons (Fsp3) is 0.400. The van der Waals surface area contributed by atoms with Crippen LogP contribution in [0.2, 0.25) is 0 Å². The Balaban J connectivity index is 1.92. The van der Waals surface area contributed by atoms with Crippen molar-refractivity contribution in [2.24, 2.45) is 0 Å². The molecule has 0 aromatic rings. The summed E-state index contributed by atoms with van der Waals surface area (Å²) >= 11 is 0. The normalized spacial score (nSPS) is 26.1. The smallest absolute Gasteiger partial charge is 0.336 e. The summed E-state index contributed by atoms with van der Waals surface area (Å²) in [6.45, 7) is 2.84. The molecule has 1 atom stereocenters. The average molecular weight is 308 g/mol. The highest BCUT2D eigenvalue weighted by Gasteiger charge is 2.35. The molecule has 0 saturated heterocycles. The number of carbonyl (C=O) groups excluding carboxylic acids is 3. The van der Waals surface area contributed by atoms with E-state index >= 15 is 0 Å². The third-order valence-electron chi connectivity index (χ3n) is 2.92. The minimum Gasteiger partial charge on any atom is -0.427 e. The highest BCUT2D eigenvalue weighted by Crippen LogP contribution is 2.21. The van der Waals surface area contributed by atoms with Crippen molar-refractivity contribution < 1.29 is 33.3 Å². The lowest BCUT2D eigenvalue weighted by Crippen LogP contribution is -2.44. The summed E-state index contributed by atoms with van der Waals surface area (Å²) < 4.78 is 20.7. The van der Waals surface area contributed by atoms with E-state index in [9.17, 15) is 14.4 Å². The number of hydrogen-bond acceptors (Lipinski definition) is 7. The lowest BCUT2D eigenvalue weighted by molar-refractivity contribution is -0.226. The largest absolute Gasteiger partial charge is 0.427 e. The minimum atomic E-state index is -1.41. The van der Waals surface area contributed by atoms with E-state index < -0.39 is 17.7 Å². The van der Waals surface area contributed by atoms with Gasteiger partial charge in [0.1, 0.15) is 19.0 Å². The molecule has 0 amide bonds. The lowest BCUT2D eigenvalue weighted by Gasteiger charge is -2.31. The standard InChI is InChI=1S/C15H16O7/c1-10-7-14(18)21-13(10)4-6-19-9-15(22-11(2)16)5-3-12(17)8-20-15/h3-5,7H,6,8-9H2,1-2H3/b13-4-. The van der Waals surface area contributed by atoms with E-state index in [2.05, 4.69) is 0 Å². The van der Waals surface area contributed by atoms with Crippen LogP contribution in [0.15, 0.2) is 35.6 Å². The van der Waals surface area contributed by atoms with Gasteiger partial charge in [0.25, 0.3) is 5.79 Å². The molecule has 0 bridgehead atoms. The summed E-state index contributed by atoms with van der Waals surface area (Å²) in [6, 6.07) is 0. The Morgan fingerprint density at radius 3 is 2.77 bits per heavy atom. The monoisotopic (exact) mass is 308 g/mol. The van der Waals surface area contributed by atoms with Crippen LogP contribution in [0.3, 0.4) is 0 Å². The van der Waals surface area contributed by atoms with Crippen molar-refractivity contribution in [2.75, 3.05) is 19.8 Å². The minimum absolute atomic E-state index is 0.0865. The van der Waals surface area contributed by atoms with E-state index in [1.807, 2.05) is 0 Å². The Labute approximate surface area is 127 Å². The van der Waals surface area contributed by atoms with E-state index in [4.69, 9.17) is 18.9 Å². The van der Waals surface area contributed by atoms with Crippen molar-refractivity contribution >= 4 is 17.7 Å². The molecule has 0 aliphatic carbocycles. The van der Waals surface area contributed by atoms with Gasteiger partial charge in [-0.15, -0.1) is 0 Å². The fourth-order valence-corrected chi connectivity index (χ4v) is 1.94. The Bertz CT molecular complexity index is 585. The van der Waals surface area contributed by atoms with E-state index in [0.717, 1.165) is 0 Å². The van der Waals surface area contributed by atoms with Gasteiger partial charge < -0.3 is 18.9 Å². The maximum absolute atomic E-state index is 11.2. The highest BCUT2D eigenvalue weighted by atomic mass is 16.7. The number of carbonyl (C=O) groups is 3. The van der Waals surface area contributed by atoms with E-state index in [0.29, 0.717) is 11.3 Å². The van der Waals surface area contributed by atoms with Crippen molar-refractivity contribution in [3.05, 3.63) is 35.6 Å². The molecular weight excluding hydrogens is 292 g/mol. The second kappa shape index (κ2) is 6.67. The third-order valence-corrected chi connectivity index (χ3v) is 2.92. The third kappa shape index (κ3) is 4.12. The predicted molar refractivity (Wildman–Crippen MR) is 73.3 cm³/mol. The van der Waals surface area contributed by atoms with Crippen LogP contribution in [0.5, 0.6) is 0 Å². The van der Waals surface area contributed by atoms with Crippen LogP contribution in [0.25, 0.3) is 0 Å². The van der Waals surface area contributed by atoms with Crippen molar-refractivity contribution in [3.8, 4) is 0 Å². The molecule has 0 spiro atoms. The van der Waals surface area contributed by atoms with Crippen LogP contribution >= 0.6 is 0 Å². The molecule has 0 fully saturated rings. The topological polar surface area (TPSA) is 88.1 Å². The summed E-state index contributed by atoms with van der Waals surface area (Å²) in [5.74, 6) is -2.16. The first kappa shape index (κ1) is 16.1. The molecule has 7 heteroatoms. The Morgan fingerprint density at radius 1 is 1.45 bits per heavy atom. The first-order valence-corrected chi connectivity index (χ1v) is 6.64. The van der Waals surface area contributed by atoms with Crippen molar-refractivity contribution in [1.82, 2.24) is 0 Å². The van der Waals surface area contributed by atoms with E-state index in [1.54, 1.807) is 13.0 Å². The molecule has 22 heavy (non-hydrogen) atoms. The lowest BCUT2D eigenvalue weighted by atomic mass is 10.2. The maximum atomic E-state index is 11.2. The van der Waals surface area contributed by atoms with Crippen LogP contribution in [-0.2, 0) is 33.3 Å². The number of ether oxygens (including phenoxy) is 4. The average Bonchev–Trinajstić information content (AvgIpc) is 2.76. The van der Waals surface area contributed by atoms with Gasteiger partial charge in [-0.2, -0.15) is 0 Å². The number of ketones is 1. The second-order valence-corrected chi connectivity index (χ2v) is 4.83. The van der Waals surface area contributed by atoms with Crippen molar-refractivity contribution in [2.45, 2.75) is 19.6 Å². The summed E-state index contributed by atoms with van der Waals surface area (Å²) in [6.07, 6.45) is 5.62. The van der Waals surface area contributed by atoms with Gasteiger partial charge in [-0.1, -0.05) is 0 Å². The van der Waals surface area contributed by atoms with Crippen LogP contribution < -0.4 is 0 Å². The second-order valence-electron chi connectivity index (χ2n) is 4.83. The fourth-order valence-electron chi connectivity index (χ4n) is 1.94. The molecule has 0 aromatic carbocycles. The van der Waals surface area contributed by atoms with E-state index in [-0.39, 0.29) is 25.6 Å². The molecule has 2 rings (SSSR count). The number of esters is 2. The summed E-state index contributed by atoms with van der Waals surface area (Å²) in [7, 11) is 0. The van der Waals surface area contributed by atoms with Gasteiger partial charge in [-0.25, -0.2) is 4.79 Å². The maximum Gasteiger partial charge on any atom is 0.336 e. The number of hydrogen-bond donors (Lipinski definition) is 0. The number of allylic oxidation sites excluding steroid dienone is 1. The molecule has 2 aliphatic heterocycles. The summed E-state index contributed by atoms with van der Waals surface area (Å²) in [5, 5.41) is 0. The van der Waals surface area contributed by atoms with Gasteiger partial charge in [-0.3, -0.25) is 9.59 Å². The number of cyclic esters (lactones) is 1. The SMILES string of the molecule is CC(=O)OC1(COC/C=C2\OC(=O)C=C2C)C=CC(=O)CO1.